The highest BCUT2D eigenvalue weighted by atomic mass is 19.3. The lowest BCUT2D eigenvalue weighted by molar-refractivity contribution is -0.226. The van der Waals surface area contributed by atoms with E-state index in [0.29, 0.717) is 25.7 Å². The highest BCUT2D eigenvalue weighted by molar-refractivity contribution is 5.87. The van der Waals surface area contributed by atoms with Gasteiger partial charge in [0.1, 0.15) is 11.6 Å². The van der Waals surface area contributed by atoms with Crippen LogP contribution in [0.3, 0.4) is 0 Å². The van der Waals surface area contributed by atoms with Crippen LogP contribution in [0.2, 0.25) is 0 Å². The van der Waals surface area contributed by atoms with Crippen molar-refractivity contribution >= 4 is 11.6 Å². The molecule has 0 aromatic heterocycles. The highest BCUT2D eigenvalue weighted by Gasteiger charge is 2.68. The molecule has 23 heavy (non-hydrogen) atoms. The first kappa shape index (κ1) is 15.7. The summed E-state index contributed by atoms with van der Waals surface area (Å²) < 4.78 is 30.2. The van der Waals surface area contributed by atoms with E-state index in [1.165, 1.54) is 0 Å². The summed E-state index contributed by atoms with van der Waals surface area (Å²) in [7, 11) is 0. The van der Waals surface area contributed by atoms with Crippen molar-refractivity contribution in [3.8, 4) is 0 Å². The van der Waals surface area contributed by atoms with Crippen LogP contribution < -0.4 is 0 Å². The van der Waals surface area contributed by atoms with Gasteiger partial charge in [-0.2, -0.15) is 0 Å². The normalized spacial score (nSPS) is 51.8. The van der Waals surface area contributed by atoms with Gasteiger partial charge >= 0.3 is 0 Å². The standard InChI is InChI=1S/C19H26F2O2/c1-17-7-5-12(22)9-11(17)10-19(20,21)16-13-3-4-15(23)18(13,2)8-6-14(16)17/h11,13-14,16H,3-10H2,1-2H3/t11-,13+,14+,16+,17+,18+/m1/s1. The lowest BCUT2D eigenvalue weighted by atomic mass is 9.44. The van der Waals surface area contributed by atoms with Crippen LogP contribution in [-0.2, 0) is 9.59 Å². The summed E-state index contributed by atoms with van der Waals surface area (Å²) in [6, 6.07) is 0. The van der Waals surface area contributed by atoms with Gasteiger partial charge in [0.2, 0.25) is 0 Å². The zero-order valence-corrected chi connectivity index (χ0v) is 14.0. The molecule has 4 aliphatic carbocycles. The van der Waals surface area contributed by atoms with Crippen molar-refractivity contribution in [3.05, 3.63) is 0 Å². The summed E-state index contributed by atoms with van der Waals surface area (Å²) in [5.74, 6) is -3.43. The molecule has 0 aliphatic heterocycles. The van der Waals surface area contributed by atoms with Gasteiger partial charge in [0.15, 0.2) is 0 Å². The molecule has 0 amide bonds. The van der Waals surface area contributed by atoms with Crippen LogP contribution in [0.15, 0.2) is 0 Å². The summed E-state index contributed by atoms with van der Waals surface area (Å²) >= 11 is 0. The van der Waals surface area contributed by atoms with Gasteiger partial charge in [0, 0.05) is 37.0 Å². The van der Waals surface area contributed by atoms with E-state index in [1.807, 2.05) is 6.92 Å². The SMILES string of the molecule is C[C@]12CCC(=O)C[C@@H]1CC(F)(F)[C@@H]1[C@@H]2CC[C@]2(C)C(=O)CC[C@@H]12. The molecule has 4 saturated carbocycles. The topological polar surface area (TPSA) is 34.1 Å². The Kier molecular flexibility index (Phi) is 3.17. The smallest absolute Gasteiger partial charge is 0.251 e. The first-order chi connectivity index (χ1) is 10.7. The Morgan fingerprint density at radius 1 is 1.00 bits per heavy atom. The molecule has 0 saturated heterocycles. The zero-order chi connectivity index (χ0) is 16.6. The molecule has 6 atom stereocenters. The van der Waals surface area contributed by atoms with Gasteiger partial charge in [0.25, 0.3) is 5.92 Å². The van der Waals surface area contributed by atoms with Gasteiger partial charge in [-0.05, 0) is 48.9 Å². The number of rotatable bonds is 0. The first-order valence-corrected chi connectivity index (χ1v) is 9.11. The predicted molar refractivity (Wildman–Crippen MR) is 82.1 cm³/mol. The van der Waals surface area contributed by atoms with Crippen molar-refractivity contribution in [2.45, 2.75) is 71.1 Å². The number of carbonyl (C=O) groups is 2. The molecular formula is C19H26F2O2. The van der Waals surface area contributed by atoms with Gasteiger partial charge in [0.05, 0.1) is 0 Å². The van der Waals surface area contributed by atoms with Crippen LogP contribution in [0.4, 0.5) is 8.78 Å². The van der Waals surface area contributed by atoms with E-state index in [9.17, 15) is 9.59 Å². The Hall–Kier alpha value is -0.800. The van der Waals surface area contributed by atoms with Crippen molar-refractivity contribution in [1.29, 1.82) is 0 Å². The molecule has 0 N–H and O–H groups in total. The molecule has 128 valence electrons. The highest BCUT2D eigenvalue weighted by Crippen LogP contribution is 2.68. The molecule has 0 radical (unpaired) electrons. The minimum absolute atomic E-state index is 0.0340. The molecule has 4 fully saturated rings. The third-order valence-corrected chi connectivity index (χ3v) is 8.18. The maximum absolute atomic E-state index is 15.1. The number of halogens is 2. The molecule has 4 rings (SSSR count). The predicted octanol–water partition coefficient (Wildman–Crippen LogP) is 4.41. The van der Waals surface area contributed by atoms with Crippen LogP contribution in [-0.4, -0.2) is 17.5 Å². The van der Waals surface area contributed by atoms with Crippen LogP contribution in [0.1, 0.15) is 65.2 Å². The average molecular weight is 324 g/mol. The van der Waals surface area contributed by atoms with E-state index in [1.54, 1.807) is 0 Å². The van der Waals surface area contributed by atoms with E-state index in [2.05, 4.69) is 6.92 Å². The van der Waals surface area contributed by atoms with E-state index in [-0.39, 0.29) is 41.2 Å². The van der Waals surface area contributed by atoms with E-state index >= 15 is 8.78 Å². The summed E-state index contributed by atoms with van der Waals surface area (Å²) in [5, 5.41) is 0. The summed E-state index contributed by atoms with van der Waals surface area (Å²) in [4.78, 5) is 24.2. The second-order valence-electron chi connectivity index (χ2n) is 9.07. The molecule has 0 unspecified atom stereocenters. The third-order valence-electron chi connectivity index (χ3n) is 8.18. The number of carbonyl (C=O) groups excluding carboxylic acids is 2. The fourth-order valence-corrected chi connectivity index (χ4v) is 6.72. The van der Waals surface area contributed by atoms with Crippen LogP contribution in [0.5, 0.6) is 0 Å². The maximum Gasteiger partial charge on any atom is 0.251 e. The maximum atomic E-state index is 15.1. The summed E-state index contributed by atoms with van der Waals surface area (Å²) in [5.41, 5.74) is -0.675. The molecule has 0 aromatic rings. The molecular weight excluding hydrogens is 298 g/mol. The molecule has 2 nitrogen and oxygen atoms in total. The van der Waals surface area contributed by atoms with Crippen molar-refractivity contribution in [1.82, 2.24) is 0 Å². The first-order valence-electron chi connectivity index (χ1n) is 9.11. The number of fused-ring (bicyclic) bond motifs is 5. The van der Waals surface area contributed by atoms with Gasteiger partial charge in [-0.1, -0.05) is 13.8 Å². The van der Waals surface area contributed by atoms with Gasteiger partial charge in [-0.15, -0.1) is 0 Å². The molecule has 0 heterocycles. The number of hydrogen-bond acceptors (Lipinski definition) is 2. The summed E-state index contributed by atoms with van der Waals surface area (Å²) in [6.45, 7) is 4.08. The Balaban J connectivity index is 1.75. The fourth-order valence-electron chi connectivity index (χ4n) is 6.72. The number of hydrogen-bond donors (Lipinski definition) is 0. The van der Waals surface area contributed by atoms with Crippen LogP contribution >= 0.6 is 0 Å². The largest absolute Gasteiger partial charge is 0.300 e. The Labute approximate surface area is 136 Å². The Bertz CT molecular complexity index is 572. The monoisotopic (exact) mass is 324 g/mol. The van der Waals surface area contributed by atoms with E-state index < -0.39 is 17.3 Å². The van der Waals surface area contributed by atoms with Crippen molar-refractivity contribution in [3.63, 3.8) is 0 Å². The summed E-state index contributed by atoms with van der Waals surface area (Å²) in [6.07, 6.45) is 4.05. The van der Waals surface area contributed by atoms with Crippen LogP contribution in [0, 0.1) is 34.5 Å². The van der Waals surface area contributed by atoms with Crippen molar-refractivity contribution in [2.75, 3.05) is 0 Å². The number of alkyl halides is 2. The molecule has 0 bridgehead atoms. The van der Waals surface area contributed by atoms with Gasteiger partial charge in [-0.25, -0.2) is 8.78 Å². The minimum Gasteiger partial charge on any atom is -0.300 e. The second-order valence-corrected chi connectivity index (χ2v) is 9.07. The van der Waals surface area contributed by atoms with Crippen LogP contribution in [0.25, 0.3) is 0 Å². The number of Topliss-reactive ketones (excluding diaryl/α,β-unsaturated/α-hetero) is 2. The lowest BCUT2D eigenvalue weighted by Crippen LogP contribution is -2.60. The second kappa shape index (κ2) is 4.64. The van der Waals surface area contributed by atoms with Gasteiger partial charge in [-0.3, -0.25) is 9.59 Å². The van der Waals surface area contributed by atoms with Crippen molar-refractivity contribution < 1.29 is 18.4 Å². The van der Waals surface area contributed by atoms with E-state index in [4.69, 9.17) is 0 Å². The molecule has 0 spiro atoms. The third kappa shape index (κ3) is 1.96. The minimum atomic E-state index is -2.73. The van der Waals surface area contributed by atoms with Gasteiger partial charge < -0.3 is 0 Å². The lowest BCUT2D eigenvalue weighted by Gasteiger charge is -2.61. The quantitative estimate of drug-likeness (QED) is 0.661. The molecule has 4 aliphatic rings. The fraction of sp³-hybridized carbons (Fsp3) is 0.895. The van der Waals surface area contributed by atoms with E-state index in [0.717, 1.165) is 19.3 Å². The average Bonchev–Trinajstić information content (AvgIpc) is 2.77. The Morgan fingerprint density at radius 2 is 1.74 bits per heavy atom. The Morgan fingerprint density at radius 3 is 2.48 bits per heavy atom. The number of ketones is 2. The van der Waals surface area contributed by atoms with Crippen molar-refractivity contribution in [2.24, 2.45) is 34.5 Å². The zero-order valence-electron chi connectivity index (χ0n) is 14.0. The molecule has 0 aromatic carbocycles. The molecule has 4 heteroatoms.